The number of rotatable bonds is 3. The lowest BCUT2D eigenvalue weighted by molar-refractivity contribution is -0.386. The number of nitrogens with zero attached hydrogens (tertiary/aromatic N) is 3. The first-order valence-electron chi connectivity index (χ1n) is 4.25. The molecule has 0 bridgehead atoms. The number of hydrogen-bond acceptors (Lipinski definition) is 5. The van der Waals surface area contributed by atoms with Gasteiger partial charge in [-0.05, 0) is 13.8 Å². The summed E-state index contributed by atoms with van der Waals surface area (Å²) in [4.78, 5) is 13.8. The monoisotopic (exact) mass is 207 g/mol. The van der Waals surface area contributed by atoms with Gasteiger partial charge in [0.15, 0.2) is 0 Å². The van der Waals surface area contributed by atoms with Crippen molar-refractivity contribution in [1.29, 1.82) is 5.26 Å². The quantitative estimate of drug-likeness (QED) is 0.555. The summed E-state index contributed by atoms with van der Waals surface area (Å²) in [5.74, 6) is -0.0611. The van der Waals surface area contributed by atoms with Gasteiger partial charge in [0.05, 0.1) is 16.6 Å². The first-order valence-corrected chi connectivity index (χ1v) is 4.25. The van der Waals surface area contributed by atoms with Crippen molar-refractivity contribution in [3.8, 4) is 11.9 Å². The van der Waals surface area contributed by atoms with Crippen molar-refractivity contribution in [1.82, 2.24) is 4.98 Å². The molecule has 1 aromatic rings. The molecule has 0 aromatic carbocycles. The van der Waals surface area contributed by atoms with Crippen LogP contribution in [0.3, 0.4) is 0 Å². The summed E-state index contributed by atoms with van der Waals surface area (Å²) >= 11 is 0. The van der Waals surface area contributed by atoms with E-state index in [1.54, 1.807) is 19.9 Å². The Morgan fingerprint density at radius 2 is 2.33 bits per heavy atom. The molecule has 78 valence electrons. The van der Waals surface area contributed by atoms with Gasteiger partial charge >= 0.3 is 5.69 Å². The van der Waals surface area contributed by atoms with E-state index in [-0.39, 0.29) is 23.2 Å². The molecular formula is C9H9N3O3. The molecule has 6 nitrogen and oxygen atoms in total. The Bertz CT molecular complexity index is 423. The van der Waals surface area contributed by atoms with E-state index in [9.17, 15) is 10.1 Å². The Morgan fingerprint density at radius 3 is 2.80 bits per heavy atom. The van der Waals surface area contributed by atoms with Gasteiger partial charge in [0.1, 0.15) is 6.07 Å². The van der Waals surface area contributed by atoms with Gasteiger partial charge in [-0.25, -0.2) is 4.98 Å². The van der Waals surface area contributed by atoms with Crippen LogP contribution in [-0.4, -0.2) is 16.0 Å². The number of aromatic nitrogens is 1. The maximum atomic E-state index is 10.6. The van der Waals surface area contributed by atoms with Crippen LogP contribution in [0.2, 0.25) is 0 Å². The molecule has 15 heavy (non-hydrogen) atoms. The maximum absolute atomic E-state index is 10.6. The van der Waals surface area contributed by atoms with E-state index in [1.165, 1.54) is 6.20 Å². The summed E-state index contributed by atoms with van der Waals surface area (Å²) < 4.78 is 5.14. The van der Waals surface area contributed by atoms with Crippen LogP contribution in [0.1, 0.15) is 19.4 Å². The van der Waals surface area contributed by atoms with Gasteiger partial charge in [-0.1, -0.05) is 0 Å². The first-order chi connectivity index (χ1) is 7.04. The predicted molar refractivity (Wildman–Crippen MR) is 51.4 cm³/mol. The van der Waals surface area contributed by atoms with Crippen LogP contribution in [0.4, 0.5) is 5.69 Å². The van der Waals surface area contributed by atoms with Crippen LogP contribution in [0.15, 0.2) is 12.3 Å². The van der Waals surface area contributed by atoms with E-state index < -0.39 is 4.92 Å². The van der Waals surface area contributed by atoms with Crippen LogP contribution in [0.5, 0.6) is 5.88 Å². The average Bonchev–Trinajstić information content (AvgIpc) is 2.17. The van der Waals surface area contributed by atoms with E-state index in [2.05, 4.69) is 4.98 Å². The Kier molecular flexibility index (Phi) is 3.18. The van der Waals surface area contributed by atoms with Gasteiger partial charge in [0.2, 0.25) is 0 Å². The van der Waals surface area contributed by atoms with Crippen LogP contribution >= 0.6 is 0 Å². The summed E-state index contributed by atoms with van der Waals surface area (Å²) in [6, 6.07) is 2.92. The second-order valence-corrected chi connectivity index (χ2v) is 3.08. The minimum Gasteiger partial charge on any atom is -0.470 e. The molecule has 0 aliphatic carbocycles. The van der Waals surface area contributed by atoms with Crippen LogP contribution < -0.4 is 4.74 Å². The van der Waals surface area contributed by atoms with Gasteiger partial charge < -0.3 is 4.74 Å². The molecule has 0 aliphatic heterocycles. The van der Waals surface area contributed by atoms with Crippen LogP contribution in [0.25, 0.3) is 0 Å². The lowest BCUT2D eigenvalue weighted by Gasteiger charge is -2.08. The standard InChI is InChI=1S/C9H9N3O3/c1-6(2)15-9-8(12(13)14)3-7(4-10)5-11-9/h3,5-6H,1-2H3. The van der Waals surface area contributed by atoms with Crippen LogP contribution in [0, 0.1) is 21.4 Å². The van der Waals surface area contributed by atoms with Gasteiger partial charge in [-0.3, -0.25) is 10.1 Å². The molecule has 0 fully saturated rings. The normalized spacial score (nSPS) is 9.73. The largest absolute Gasteiger partial charge is 0.470 e. The third-order valence-corrected chi connectivity index (χ3v) is 1.51. The highest BCUT2D eigenvalue weighted by Crippen LogP contribution is 2.25. The lowest BCUT2D eigenvalue weighted by Crippen LogP contribution is -2.09. The molecule has 0 saturated carbocycles. The molecule has 0 saturated heterocycles. The number of nitro groups is 1. The SMILES string of the molecule is CC(C)Oc1ncc(C#N)cc1[N+](=O)[O-]. The molecule has 1 heterocycles. The van der Waals surface area contributed by atoms with Gasteiger partial charge in [-0.15, -0.1) is 0 Å². The fourth-order valence-electron chi connectivity index (χ4n) is 0.947. The van der Waals surface area contributed by atoms with E-state index in [1.807, 2.05) is 0 Å². The van der Waals surface area contributed by atoms with Crippen LogP contribution in [-0.2, 0) is 0 Å². The summed E-state index contributed by atoms with van der Waals surface area (Å²) in [5.41, 5.74) is -0.152. The lowest BCUT2D eigenvalue weighted by atomic mass is 10.3. The molecule has 0 amide bonds. The van der Waals surface area contributed by atoms with Crippen molar-refractivity contribution in [2.45, 2.75) is 20.0 Å². The molecular weight excluding hydrogens is 198 g/mol. The predicted octanol–water partition coefficient (Wildman–Crippen LogP) is 1.65. The maximum Gasteiger partial charge on any atom is 0.332 e. The zero-order chi connectivity index (χ0) is 11.4. The molecule has 1 aromatic heterocycles. The van der Waals surface area contributed by atoms with Crippen molar-refractivity contribution in [3.05, 3.63) is 27.9 Å². The van der Waals surface area contributed by atoms with E-state index >= 15 is 0 Å². The third-order valence-electron chi connectivity index (χ3n) is 1.51. The molecule has 0 atom stereocenters. The molecule has 0 N–H and O–H groups in total. The zero-order valence-electron chi connectivity index (χ0n) is 8.30. The summed E-state index contributed by atoms with van der Waals surface area (Å²) in [6.45, 7) is 3.48. The third kappa shape index (κ3) is 2.64. The Hall–Kier alpha value is -2.16. The van der Waals surface area contributed by atoms with Crippen molar-refractivity contribution in [2.75, 3.05) is 0 Å². The summed E-state index contributed by atoms with van der Waals surface area (Å²) in [5, 5.41) is 19.2. The minimum absolute atomic E-state index is 0.0611. The molecule has 0 aliphatic rings. The highest BCUT2D eigenvalue weighted by Gasteiger charge is 2.18. The molecule has 1 rings (SSSR count). The molecule has 6 heteroatoms. The minimum atomic E-state index is -0.619. The number of ether oxygens (including phenoxy) is 1. The van der Waals surface area contributed by atoms with Gasteiger partial charge in [-0.2, -0.15) is 5.26 Å². The fourth-order valence-corrected chi connectivity index (χ4v) is 0.947. The highest BCUT2D eigenvalue weighted by atomic mass is 16.6. The Balaban J connectivity index is 3.16. The Morgan fingerprint density at radius 1 is 1.67 bits per heavy atom. The molecule has 0 unspecified atom stereocenters. The van der Waals surface area contributed by atoms with Gasteiger partial charge in [0.25, 0.3) is 5.88 Å². The van der Waals surface area contributed by atoms with Crippen molar-refractivity contribution in [2.24, 2.45) is 0 Å². The number of nitriles is 1. The van der Waals surface area contributed by atoms with Gasteiger partial charge in [0, 0.05) is 12.3 Å². The average molecular weight is 207 g/mol. The first kappa shape index (κ1) is 10.9. The van der Waals surface area contributed by atoms with Crippen molar-refractivity contribution >= 4 is 5.69 Å². The second kappa shape index (κ2) is 4.37. The second-order valence-electron chi connectivity index (χ2n) is 3.08. The zero-order valence-corrected chi connectivity index (χ0v) is 8.30. The Labute approximate surface area is 86.3 Å². The number of pyridine rings is 1. The highest BCUT2D eigenvalue weighted by molar-refractivity contribution is 5.46. The molecule has 0 radical (unpaired) electrons. The number of hydrogen-bond donors (Lipinski definition) is 0. The van der Waals surface area contributed by atoms with E-state index in [4.69, 9.17) is 10.00 Å². The van der Waals surface area contributed by atoms with Crippen molar-refractivity contribution in [3.63, 3.8) is 0 Å². The van der Waals surface area contributed by atoms with E-state index in [0.717, 1.165) is 6.07 Å². The summed E-state index contributed by atoms with van der Waals surface area (Å²) in [7, 11) is 0. The fraction of sp³-hybridized carbons (Fsp3) is 0.333. The molecule has 0 spiro atoms. The van der Waals surface area contributed by atoms with E-state index in [0.29, 0.717) is 0 Å². The smallest absolute Gasteiger partial charge is 0.332 e. The summed E-state index contributed by atoms with van der Waals surface area (Å²) in [6.07, 6.45) is 1.04. The topological polar surface area (TPSA) is 89.0 Å². The van der Waals surface area contributed by atoms with Crippen molar-refractivity contribution < 1.29 is 9.66 Å².